The molecule has 5 nitrogen and oxygen atoms in total. The molecule has 3 rings (SSSR count). The van der Waals surface area contributed by atoms with E-state index in [-0.39, 0.29) is 12.5 Å². The number of nitrogens with one attached hydrogen (secondary N) is 1. The topological polar surface area (TPSA) is 44.8 Å². The summed E-state index contributed by atoms with van der Waals surface area (Å²) in [5.74, 6) is 0.693. The molecule has 1 saturated heterocycles. The van der Waals surface area contributed by atoms with Crippen LogP contribution in [0.4, 0.5) is 0 Å². The third-order valence-electron chi connectivity index (χ3n) is 5.24. The summed E-state index contributed by atoms with van der Waals surface area (Å²) in [6, 6.07) is 14.4. The summed E-state index contributed by atoms with van der Waals surface area (Å²) in [5.41, 5.74) is 4.50. The first-order valence-corrected chi connectivity index (χ1v) is 9.95. The number of para-hydroxylation sites is 1. The van der Waals surface area contributed by atoms with Crippen LogP contribution in [0.2, 0.25) is 0 Å². The first-order valence-electron chi connectivity index (χ1n) is 9.95. The Morgan fingerprint density at radius 2 is 1.64 bits per heavy atom. The molecule has 2 aromatic carbocycles. The highest BCUT2D eigenvalue weighted by atomic mass is 16.5. The largest absolute Gasteiger partial charge is 0.483 e. The van der Waals surface area contributed by atoms with Gasteiger partial charge in [-0.15, -0.1) is 0 Å². The van der Waals surface area contributed by atoms with Crippen LogP contribution in [0, 0.1) is 13.8 Å². The molecule has 0 spiro atoms. The Morgan fingerprint density at radius 3 is 2.36 bits per heavy atom. The molecule has 5 heteroatoms. The van der Waals surface area contributed by atoms with Crippen molar-refractivity contribution in [1.82, 2.24) is 15.1 Å². The average Bonchev–Trinajstić information content (AvgIpc) is 2.68. The highest BCUT2D eigenvalue weighted by molar-refractivity contribution is 5.77. The van der Waals surface area contributed by atoms with Gasteiger partial charge in [-0.2, -0.15) is 0 Å². The second kappa shape index (κ2) is 9.71. The van der Waals surface area contributed by atoms with E-state index in [1.165, 1.54) is 5.56 Å². The van der Waals surface area contributed by atoms with Gasteiger partial charge in [-0.3, -0.25) is 9.69 Å². The Bertz CT molecular complexity index is 778. The number of amides is 1. The van der Waals surface area contributed by atoms with Gasteiger partial charge < -0.3 is 15.0 Å². The Kier molecular flexibility index (Phi) is 7.06. The molecular weight excluding hydrogens is 350 g/mol. The summed E-state index contributed by atoms with van der Waals surface area (Å²) < 4.78 is 5.73. The van der Waals surface area contributed by atoms with Gasteiger partial charge in [-0.05, 0) is 43.1 Å². The molecule has 1 N–H and O–H groups in total. The van der Waals surface area contributed by atoms with Gasteiger partial charge in [0.15, 0.2) is 6.61 Å². The van der Waals surface area contributed by atoms with Crippen LogP contribution in [0.25, 0.3) is 0 Å². The first kappa shape index (κ1) is 20.4. The van der Waals surface area contributed by atoms with Gasteiger partial charge in [0.25, 0.3) is 5.91 Å². The zero-order valence-electron chi connectivity index (χ0n) is 17.2. The molecule has 1 heterocycles. The number of ether oxygens (including phenoxy) is 1. The predicted octanol–water partition coefficient (Wildman–Crippen LogP) is 2.75. The summed E-state index contributed by atoms with van der Waals surface area (Å²) in [4.78, 5) is 17.0. The average molecular weight is 382 g/mol. The van der Waals surface area contributed by atoms with Gasteiger partial charge in [0, 0.05) is 39.3 Å². The molecule has 0 bridgehead atoms. The van der Waals surface area contributed by atoms with Crippen molar-refractivity contribution >= 4 is 5.91 Å². The van der Waals surface area contributed by atoms with Gasteiger partial charge >= 0.3 is 0 Å². The fourth-order valence-corrected chi connectivity index (χ4v) is 3.52. The fraction of sp³-hybridized carbons (Fsp3) is 0.435. The third-order valence-corrected chi connectivity index (χ3v) is 5.24. The lowest BCUT2D eigenvalue weighted by Crippen LogP contribution is -2.43. The number of hydrogen-bond donors (Lipinski definition) is 1. The first-order chi connectivity index (χ1) is 13.5. The van der Waals surface area contributed by atoms with E-state index >= 15 is 0 Å². The number of piperazine rings is 1. The van der Waals surface area contributed by atoms with Gasteiger partial charge in [-0.1, -0.05) is 42.5 Å². The number of carbonyl (C=O) groups excluding carboxylic acids is 1. The Morgan fingerprint density at radius 1 is 1.00 bits per heavy atom. The van der Waals surface area contributed by atoms with Crippen LogP contribution < -0.4 is 10.1 Å². The van der Waals surface area contributed by atoms with Crippen molar-refractivity contribution in [2.45, 2.75) is 26.9 Å². The Balaban J connectivity index is 1.47. The quantitative estimate of drug-likeness (QED) is 0.801. The monoisotopic (exact) mass is 381 g/mol. The Hall–Kier alpha value is -2.37. The van der Waals surface area contributed by atoms with Gasteiger partial charge in [0.2, 0.25) is 0 Å². The normalized spacial score (nSPS) is 15.4. The van der Waals surface area contributed by atoms with Crippen molar-refractivity contribution in [3.8, 4) is 5.75 Å². The molecule has 0 saturated carbocycles. The SMILES string of the molecule is Cc1cccc(C)c1OCC(=O)NCc1cccc(CN2CCN(C)CC2)c1. The predicted molar refractivity (Wildman–Crippen MR) is 112 cm³/mol. The lowest BCUT2D eigenvalue weighted by Gasteiger charge is -2.32. The molecule has 0 atom stereocenters. The number of hydrogen-bond acceptors (Lipinski definition) is 4. The standard InChI is InChI=1S/C23H31N3O2/c1-18-6-4-7-19(2)23(18)28-17-22(27)24-15-20-8-5-9-21(14-20)16-26-12-10-25(3)11-13-26/h4-9,14H,10-13,15-17H2,1-3H3,(H,24,27). The lowest BCUT2D eigenvalue weighted by molar-refractivity contribution is -0.123. The van der Waals surface area contributed by atoms with Gasteiger partial charge in [0.05, 0.1) is 0 Å². The van der Waals surface area contributed by atoms with Crippen molar-refractivity contribution in [2.24, 2.45) is 0 Å². The van der Waals surface area contributed by atoms with Crippen molar-refractivity contribution in [3.05, 3.63) is 64.7 Å². The van der Waals surface area contributed by atoms with Gasteiger partial charge in [0.1, 0.15) is 5.75 Å². The van der Waals surface area contributed by atoms with E-state index in [0.29, 0.717) is 6.54 Å². The van der Waals surface area contributed by atoms with Crippen LogP contribution in [0.5, 0.6) is 5.75 Å². The summed E-state index contributed by atoms with van der Waals surface area (Å²) in [5, 5.41) is 2.96. The van der Waals surface area contributed by atoms with E-state index in [0.717, 1.165) is 55.2 Å². The van der Waals surface area contributed by atoms with E-state index in [1.54, 1.807) is 0 Å². The zero-order valence-corrected chi connectivity index (χ0v) is 17.2. The van der Waals surface area contributed by atoms with Crippen LogP contribution in [0.1, 0.15) is 22.3 Å². The zero-order chi connectivity index (χ0) is 19.9. The molecule has 28 heavy (non-hydrogen) atoms. The van der Waals surface area contributed by atoms with E-state index in [2.05, 4.69) is 46.4 Å². The smallest absolute Gasteiger partial charge is 0.258 e. The number of rotatable bonds is 7. The van der Waals surface area contributed by atoms with Crippen LogP contribution >= 0.6 is 0 Å². The number of carbonyl (C=O) groups is 1. The molecule has 0 radical (unpaired) electrons. The lowest BCUT2D eigenvalue weighted by atomic mass is 10.1. The second-order valence-electron chi connectivity index (χ2n) is 7.69. The van der Waals surface area contributed by atoms with Crippen molar-refractivity contribution in [2.75, 3.05) is 39.8 Å². The van der Waals surface area contributed by atoms with Crippen LogP contribution in [0.15, 0.2) is 42.5 Å². The Labute approximate surface area is 168 Å². The van der Waals surface area contributed by atoms with E-state index < -0.39 is 0 Å². The van der Waals surface area contributed by atoms with E-state index in [1.807, 2.05) is 32.0 Å². The number of likely N-dealkylation sites (N-methyl/N-ethyl adjacent to an activating group) is 1. The van der Waals surface area contributed by atoms with E-state index in [9.17, 15) is 4.79 Å². The molecule has 0 unspecified atom stereocenters. The van der Waals surface area contributed by atoms with Gasteiger partial charge in [-0.25, -0.2) is 0 Å². The molecule has 1 fully saturated rings. The summed E-state index contributed by atoms with van der Waals surface area (Å²) in [7, 11) is 2.17. The molecular formula is C23H31N3O2. The minimum Gasteiger partial charge on any atom is -0.483 e. The maximum atomic E-state index is 12.2. The summed E-state index contributed by atoms with van der Waals surface area (Å²) in [6.45, 7) is 9.95. The van der Waals surface area contributed by atoms with Crippen molar-refractivity contribution in [1.29, 1.82) is 0 Å². The molecule has 0 aromatic heterocycles. The minimum absolute atomic E-state index is 0.0344. The van der Waals surface area contributed by atoms with Crippen LogP contribution in [0.3, 0.4) is 0 Å². The summed E-state index contributed by atoms with van der Waals surface area (Å²) in [6.07, 6.45) is 0. The van der Waals surface area contributed by atoms with Crippen LogP contribution in [-0.4, -0.2) is 55.5 Å². The maximum Gasteiger partial charge on any atom is 0.258 e. The summed E-state index contributed by atoms with van der Waals surface area (Å²) >= 11 is 0. The number of aryl methyl sites for hydroxylation is 2. The number of benzene rings is 2. The molecule has 0 aliphatic carbocycles. The molecule has 150 valence electrons. The third kappa shape index (κ3) is 5.81. The highest BCUT2D eigenvalue weighted by Gasteiger charge is 2.14. The van der Waals surface area contributed by atoms with E-state index in [4.69, 9.17) is 4.74 Å². The molecule has 1 amide bonds. The minimum atomic E-state index is -0.105. The molecule has 1 aliphatic heterocycles. The fourth-order valence-electron chi connectivity index (χ4n) is 3.52. The molecule has 1 aliphatic rings. The highest BCUT2D eigenvalue weighted by Crippen LogP contribution is 2.22. The second-order valence-corrected chi connectivity index (χ2v) is 7.69. The maximum absolute atomic E-state index is 12.2. The van der Waals surface area contributed by atoms with Crippen molar-refractivity contribution in [3.63, 3.8) is 0 Å². The van der Waals surface area contributed by atoms with Crippen molar-refractivity contribution < 1.29 is 9.53 Å². The number of nitrogens with zero attached hydrogens (tertiary/aromatic N) is 2. The molecule has 2 aromatic rings. The van der Waals surface area contributed by atoms with Crippen LogP contribution in [-0.2, 0) is 17.9 Å².